The van der Waals surface area contributed by atoms with Crippen LogP contribution in [0.5, 0.6) is 5.88 Å². The van der Waals surface area contributed by atoms with Gasteiger partial charge in [-0.2, -0.15) is 10.1 Å². The van der Waals surface area contributed by atoms with Gasteiger partial charge in [0.05, 0.1) is 46.0 Å². The highest BCUT2D eigenvalue weighted by Gasteiger charge is 2.32. The Labute approximate surface area is 209 Å². The predicted octanol–water partition coefficient (Wildman–Crippen LogP) is 2.49. The molecule has 11 nitrogen and oxygen atoms in total. The number of carbonyl (C=O) groups is 1. The summed E-state index contributed by atoms with van der Waals surface area (Å²) in [6, 6.07) is 5.08. The first kappa shape index (κ1) is 23.4. The fraction of sp³-hybridized carbons (Fsp3) is 0.273. The van der Waals surface area contributed by atoms with Gasteiger partial charge in [-0.25, -0.2) is 9.97 Å². The molecule has 0 bridgehead atoms. The average molecular weight is 515 g/mol. The molecule has 35 heavy (non-hydrogen) atoms. The van der Waals surface area contributed by atoms with Crippen molar-refractivity contribution in [1.82, 2.24) is 35.0 Å². The van der Waals surface area contributed by atoms with E-state index in [2.05, 4.69) is 35.5 Å². The summed E-state index contributed by atoms with van der Waals surface area (Å²) in [5.41, 5.74) is 1.54. The number of H-pyrrole nitrogens is 1. The van der Waals surface area contributed by atoms with Crippen molar-refractivity contribution >= 4 is 46.0 Å². The molecule has 1 aliphatic rings. The van der Waals surface area contributed by atoms with Gasteiger partial charge in [-0.05, 0) is 19.1 Å². The van der Waals surface area contributed by atoms with E-state index in [1.165, 1.54) is 12.4 Å². The SMILES string of the molecule is Cc1cnc(NC(=O)[C@H](CN2CC(O)C2)Oc2nc(-c3c(Cl)cccc3Cl)nc3[nH]ncc23)cn1. The van der Waals surface area contributed by atoms with Crippen LogP contribution in [-0.2, 0) is 4.79 Å². The third-order valence-corrected chi connectivity index (χ3v) is 6.03. The van der Waals surface area contributed by atoms with Gasteiger partial charge in [-0.1, -0.05) is 29.3 Å². The van der Waals surface area contributed by atoms with Gasteiger partial charge in [-0.15, -0.1) is 0 Å². The highest BCUT2D eigenvalue weighted by atomic mass is 35.5. The van der Waals surface area contributed by atoms with Crippen molar-refractivity contribution in [2.45, 2.75) is 19.1 Å². The molecule has 4 aromatic rings. The Morgan fingerprint density at radius 3 is 2.69 bits per heavy atom. The van der Waals surface area contributed by atoms with Gasteiger partial charge in [0.25, 0.3) is 5.91 Å². The third kappa shape index (κ3) is 5.03. The number of benzene rings is 1. The fourth-order valence-electron chi connectivity index (χ4n) is 3.62. The van der Waals surface area contributed by atoms with Crippen LogP contribution in [0.3, 0.4) is 0 Å². The zero-order valence-corrected chi connectivity index (χ0v) is 20.0. The molecule has 0 radical (unpaired) electrons. The molecule has 1 saturated heterocycles. The largest absolute Gasteiger partial charge is 0.462 e. The minimum absolute atomic E-state index is 0.131. The molecule has 1 atom stereocenters. The van der Waals surface area contributed by atoms with E-state index in [0.717, 1.165) is 5.69 Å². The first-order valence-electron chi connectivity index (χ1n) is 10.7. The monoisotopic (exact) mass is 514 g/mol. The molecule has 0 aliphatic carbocycles. The van der Waals surface area contributed by atoms with Crippen LogP contribution in [-0.4, -0.2) is 77.9 Å². The quantitative estimate of drug-likeness (QED) is 0.338. The van der Waals surface area contributed by atoms with Crippen molar-refractivity contribution in [1.29, 1.82) is 0 Å². The number of β-amino-alcohol motifs (C(OH)–C–C–N with tert-alkyl or cyclic N) is 1. The van der Waals surface area contributed by atoms with Gasteiger partial charge in [-0.3, -0.25) is 19.8 Å². The van der Waals surface area contributed by atoms with E-state index >= 15 is 0 Å². The maximum atomic E-state index is 13.2. The number of ether oxygens (including phenoxy) is 1. The zero-order chi connectivity index (χ0) is 24.5. The Bertz CT molecular complexity index is 1350. The summed E-state index contributed by atoms with van der Waals surface area (Å²) in [6.07, 6.45) is 3.10. The lowest BCUT2D eigenvalue weighted by Crippen LogP contribution is -2.55. The second kappa shape index (κ2) is 9.70. The number of amides is 1. The molecule has 5 rings (SSSR count). The molecule has 3 aromatic heterocycles. The Kier molecular flexibility index (Phi) is 6.48. The third-order valence-electron chi connectivity index (χ3n) is 5.40. The minimum Gasteiger partial charge on any atom is -0.462 e. The van der Waals surface area contributed by atoms with Crippen LogP contribution in [0.2, 0.25) is 10.0 Å². The summed E-state index contributed by atoms with van der Waals surface area (Å²) >= 11 is 12.7. The standard InChI is InChI=1S/C22H20Cl2N8O3/c1-11-5-26-17(7-25-11)28-21(34)16(10-32-8-12(33)9-32)35-22-13-6-27-31-19(13)29-20(30-22)18-14(23)3-2-4-15(18)24/h2-7,12,16,33H,8-10H2,1H3,(H,26,28,34)(H,27,29,30,31)/t16-/m0/s1. The molecule has 3 N–H and O–H groups in total. The van der Waals surface area contributed by atoms with E-state index in [1.807, 2.05) is 4.90 Å². The molecule has 0 unspecified atom stereocenters. The minimum atomic E-state index is -0.992. The molecule has 13 heteroatoms. The molecule has 1 aliphatic heterocycles. The van der Waals surface area contributed by atoms with E-state index in [-0.39, 0.29) is 24.1 Å². The number of hydrogen-bond acceptors (Lipinski definition) is 9. The number of halogens is 2. The maximum Gasteiger partial charge on any atom is 0.268 e. The molecule has 4 heterocycles. The fourth-order valence-corrected chi connectivity index (χ4v) is 4.19. The summed E-state index contributed by atoms with van der Waals surface area (Å²) < 4.78 is 6.15. The predicted molar refractivity (Wildman–Crippen MR) is 129 cm³/mol. The Balaban J connectivity index is 1.48. The van der Waals surface area contributed by atoms with E-state index in [0.29, 0.717) is 39.7 Å². The van der Waals surface area contributed by atoms with Gasteiger partial charge in [0.1, 0.15) is 5.39 Å². The molecule has 0 spiro atoms. The van der Waals surface area contributed by atoms with Crippen molar-refractivity contribution in [3.8, 4) is 17.3 Å². The number of aryl methyl sites for hydroxylation is 1. The topological polar surface area (TPSA) is 142 Å². The normalized spacial score (nSPS) is 15.1. The summed E-state index contributed by atoms with van der Waals surface area (Å²) in [6.45, 7) is 2.88. The van der Waals surface area contributed by atoms with Gasteiger partial charge >= 0.3 is 0 Å². The van der Waals surface area contributed by atoms with Gasteiger partial charge in [0, 0.05) is 19.6 Å². The van der Waals surface area contributed by atoms with Crippen molar-refractivity contribution in [2.75, 3.05) is 25.0 Å². The van der Waals surface area contributed by atoms with Crippen LogP contribution >= 0.6 is 23.2 Å². The van der Waals surface area contributed by atoms with E-state index < -0.39 is 18.1 Å². The van der Waals surface area contributed by atoms with E-state index in [9.17, 15) is 9.90 Å². The number of anilines is 1. The van der Waals surface area contributed by atoms with Gasteiger partial charge in [0.15, 0.2) is 23.4 Å². The molecular weight excluding hydrogens is 495 g/mol. The lowest BCUT2D eigenvalue weighted by Gasteiger charge is -2.37. The number of aliphatic hydroxyl groups excluding tert-OH is 1. The van der Waals surface area contributed by atoms with Crippen LogP contribution in [0, 0.1) is 6.92 Å². The highest BCUT2D eigenvalue weighted by Crippen LogP contribution is 2.35. The number of rotatable bonds is 7. The van der Waals surface area contributed by atoms with Crippen molar-refractivity contribution in [3.63, 3.8) is 0 Å². The molecule has 1 amide bonds. The van der Waals surface area contributed by atoms with Gasteiger partial charge < -0.3 is 15.2 Å². The number of aromatic nitrogens is 6. The van der Waals surface area contributed by atoms with Crippen LogP contribution in [0.1, 0.15) is 5.69 Å². The number of nitrogens with one attached hydrogen (secondary N) is 2. The zero-order valence-electron chi connectivity index (χ0n) is 18.4. The highest BCUT2D eigenvalue weighted by molar-refractivity contribution is 6.39. The molecule has 1 fully saturated rings. The van der Waals surface area contributed by atoms with Crippen LogP contribution < -0.4 is 10.1 Å². The number of nitrogens with zero attached hydrogens (tertiary/aromatic N) is 6. The number of aromatic amines is 1. The lowest BCUT2D eigenvalue weighted by atomic mass is 10.1. The smallest absolute Gasteiger partial charge is 0.268 e. The second-order valence-corrected chi connectivity index (χ2v) is 8.91. The summed E-state index contributed by atoms with van der Waals surface area (Å²) in [5, 5.41) is 20.5. The summed E-state index contributed by atoms with van der Waals surface area (Å²) in [5.74, 6) is 0.191. The molecular formula is C22H20Cl2N8O3. The second-order valence-electron chi connectivity index (χ2n) is 8.09. The number of likely N-dealkylation sites (tertiary alicyclic amines) is 1. The number of fused-ring (bicyclic) bond motifs is 1. The van der Waals surface area contributed by atoms with Crippen LogP contribution in [0.25, 0.3) is 22.4 Å². The molecule has 0 saturated carbocycles. The lowest BCUT2D eigenvalue weighted by molar-refractivity contribution is -0.125. The first-order chi connectivity index (χ1) is 16.9. The number of hydrogen-bond donors (Lipinski definition) is 3. The maximum absolute atomic E-state index is 13.2. The number of carbonyl (C=O) groups excluding carboxylic acids is 1. The average Bonchev–Trinajstić information content (AvgIpc) is 3.28. The Morgan fingerprint density at radius 1 is 1.23 bits per heavy atom. The van der Waals surface area contributed by atoms with Crippen molar-refractivity contribution in [3.05, 3.63) is 52.5 Å². The van der Waals surface area contributed by atoms with Gasteiger partial charge in [0.2, 0.25) is 5.88 Å². The van der Waals surface area contributed by atoms with Crippen LogP contribution in [0.15, 0.2) is 36.8 Å². The Morgan fingerprint density at radius 2 is 2.00 bits per heavy atom. The summed E-state index contributed by atoms with van der Waals surface area (Å²) in [7, 11) is 0. The van der Waals surface area contributed by atoms with Crippen molar-refractivity contribution in [2.24, 2.45) is 0 Å². The van der Waals surface area contributed by atoms with Crippen LogP contribution in [0.4, 0.5) is 5.82 Å². The first-order valence-corrected chi connectivity index (χ1v) is 11.4. The summed E-state index contributed by atoms with van der Waals surface area (Å²) in [4.78, 5) is 32.4. The van der Waals surface area contributed by atoms with Crippen molar-refractivity contribution < 1.29 is 14.6 Å². The van der Waals surface area contributed by atoms with E-state index in [4.69, 9.17) is 27.9 Å². The molecule has 1 aromatic carbocycles. The molecule has 180 valence electrons. The Hall–Kier alpha value is -3.38. The van der Waals surface area contributed by atoms with E-state index in [1.54, 1.807) is 31.3 Å². The number of aliphatic hydroxyl groups is 1.